The van der Waals surface area contributed by atoms with Gasteiger partial charge in [0.15, 0.2) is 12.4 Å². The summed E-state index contributed by atoms with van der Waals surface area (Å²) in [6.07, 6.45) is 5.97. The number of nitrogens with zero attached hydrogens (tertiary/aromatic N) is 1. The predicted octanol–water partition coefficient (Wildman–Crippen LogP) is 2.39. The van der Waals surface area contributed by atoms with Crippen LogP contribution in [0.4, 0.5) is 0 Å². The van der Waals surface area contributed by atoms with Gasteiger partial charge in [-0.3, -0.25) is 4.40 Å². The average molecular weight is 208 g/mol. The monoisotopic (exact) mass is 208 g/mol. The lowest BCUT2D eigenvalue weighted by atomic mass is 10.2. The van der Waals surface area contributed by atoms with Crippen LogP contribution in [0.1, 0.15) is 0 Å². The molecule has 0 saturated carbocycles. The second-order valence-corrected chi connectivity index (χ2v) is 4.00. The number of H-pyrrole nitrogens is 2. The van der Waals surface area contributed by atoms with Gasteiger partial charge in [0, 0.05) is 16.3 Å². The second kappa shape index (κ2) is 2.64. The number of rotatable bonds is 0. The Morgan fingerprint density at radius 3 is 3.06 bits per heavy atom. The Hall–Kier alpha value is -2.29. The lowest BCUT2D eigenvalue weighted by Gasteiger charge is -1.89. The maximum atomic E-state index is 3.45. The lowest BCUT2D eigenvalue weighted by Crippen LogP contribution is -2.00. The molecule has 4 rings (SSSR count). The molecule has 0 aliphatic heterocycles. The van der Waals surface area contributed by atoms with Gasteiger partial charge in [-0.05, 0) is 12.1 Å². The van der Waals surface area contributed by atoms with Crippen LogP contribution in [0.5, 0.6) is 0 Å². The Bertz CT molecular complexity index is 738. The highest BCUT2D eigenvalue weighted by Gasteiger charge is 2.09. The number of para-hydroxylation sites is 1. The van der Waals surface area contributed by atoms with E-state index in [1.807, 2.05) is 18.6 Å². The van der Waals surface area contributed by atoms with Crippen LogP contribution < -0.4 is 4.98 Å². The minimum absolute atomic E-state index is 1.16. The van der Waals surface area contributed by atoms with Crippen molar-refractivity contribution in [1.29, 1.82) is 0 Å². The zero-order chi connectivity index (χ0) is 10.5. The molecule has 0 aliphatic carbocycles. The minimum Gasteiger partial charge on any atom is -0.340 e. The molecule has 0 aliphatic rings. The van der Waals surface area contributed by atoms with E-state index in [0.29, 0.717) is 0 Å². The van der Waals surface area contributed by atoms with Crippen molar-refractivity contribution in [2.45, 2.75) is 0 Å². The SMILES string of the molecule is c1ccc2c(c1)[nH]c1c2cc2c[nH+]ccn21. The van der Waals surface area contributed by atoms with Gasteiger partial charge in [-0.15, -0.1) is 0 Å². The van der Waals surface area contributed by atoms with Crippen LogP contribution in [-0.4, -0.2) is 9.38 Å². The van der Waals surface area contributed by atoms with E-state index in [2.05, 4.69) is 44.7 Å². The van der Waals surface area contributed by atoms with Crippen LogP contribution in [0.25, 0.3) is 27.5 Å². The number of benzene rings is 1. The van der Waals surface area contributed by atoms with Gasteiger partial charge in [0.2, 0.25) is 0 Å². The number of aromatic amines is 2. The van der Waals surface area contributed by atoms with Crippen LogP contribution >= 0.6 is 0 Å². The summed E-state index contributed by atoms with van der Waals surface area (Å²) in [7, 11) is 0. The van der Waals surface area contributed by atoms with E-state index >= 15 is 0 Å². The average Bonchev–Trinajstić information content (AvgIpc) is 2.85. The first kappa shape index (κ1) is 7.93. The molecular weight excluding hydrogens is 198 g/mol. The molecule has 0 bridgehead atoms. The lowest BCUT2D eigenvalue weighted by molar-refractivity contribution is -0.377. The predicted molar refractivity (Wildman–Crippen MR) is 63.3 cm³/mol. The van der Waals surface area contributed by atoms with Crippen molar-refractivity contribution in [1.82, 2.24) is 9.38 Å². The Labute approximate surface area is 91.3 Å². The molecule has 76 valence electrons. The highest BCUT2D eigenvalue weighted by atomic mass is 15.0. The summed E-state index contributed by atoms with van der Waals surface area (Å²) in [5.41, 5.74) is 3.52. The van der Waals surface area contributed by atoms with Gasteiger partial charge in [-0.25, -0.2) is 4.98 Å². The molecule has 0 radical (unpaired) electrons. The standard InChI is InChI=1S/C13H9N3/c1-2-4-12-10(3-1)11-7-9-8-14-5-6-16(9)13(11)15-12/h1-8,15H/p+1. The summed E-state index contributed by atoms with van der Waals surface area (Å²) >= 11 is 0. The van der Waals surface area contributed by atoms with Crippen molar-refractivity contribution in [3.05, 3.63) is 48.9 Å². The number of aromatic nitrogens is 3. The summed E-state index contributed by atoms with van der Waals surface area (Å²) in [4.78, 5) is 6.55. The van der Waals surface area contributed by atoms with Crippen LogP contribution in [0, 0.1) is 0 Å². The Morgan fingerprint density at radius 1 is 1.12 bits per heavy atom. The van der Waals surface area contributed by atoms with E-state index in [4.69, 9.17) is 0 Å². The van der Waals surface area contributed by atoms with Crippen LogP contribution in [-0.2, 0) is 0 Å². The van der Waals surface area contributed by atoms with Crippen molar-refractivity contribution in [2.24, 2.45) is 0 Å². The molecule has 3 nitrogen and oxygen atoms in total. The van der Waals surface area contributed by atoms with Crippen molar-refractivity contribution >= 4 is 27.5 Å². The molecule has 16 heavy (non-hydrogen) atoms. The molecule has 0 unspecified atom stereocenters. The van der Waals surface area contributed by atoms with Crippen molar-refractivity contribution in [2.75, 3.05) is 0 Å². The Kier molecular flexibility index (Phi) is 1.31. The molecular formula is C13H10N3+. The van der Waals surface area contributed by atoms with Gasteiger partial charge in [0.05, 0.1) is 6.20 Å². The topological polar surface area (TPSA) is 34.3 Å². The molecule has 0 amide bonds. The van der Waals surface area contributed by atoms with E-state index in [1.165, 1.54) is 21.8 Å². The normalized spacial score (nSPS) is 11.8. The van der Waals surface area contributed by atoms with Crippen molar-refractivity contribution < 1.29 is 4.98 Å². The van der Waals surface area contributed by atoms with E-state index in [-0.39, 0.29) is 0 Å². The summed E-state index contributed by atoms with van der Waals surface area (Å²) in [6.45, 7) is 0. The van der Waals surface area contributed by atoms with Crippen molar-refractivity contribution in [3.63, 3.8) is 0 Å². The first-order valence-electron chi connectivity index (χ1n) is 5.31. The molecule has 0 spiro atoms. The third-order valence-corrected chi connectivity index (χ3v) is 3.09. The zero-order valence-electron chi connectivity index (χ0n) is 8.57. The smallest absolute Gasteiger partial charge is 0.191 e. The van der Waals surface area contributed by atoms with E-state index in [0.717, 1.165) is 5.65 Å². The van der Waals surface area contributed by atoms with Gasteiger partial charge in [-0.1, -0.05) is 18.2 Å². The van der Waals surface area contributed by atoms with Crippen molar-refractivity contribution in [3.8, 4) is 0 Å². The third kappa shape index (κ3) is 0.852. The fourth-order valence-corrected chi connectivity index (χ4v) is 2.35. The maximum Gasteiger partial charge on any atom is 0.191 e. The Balaban J connectivity index is 2.35. The van der Waals surface area contributed by atoms with E-state index in [1.54, 1.807) is 0 Å². The Morgan fingerprint density at radius 2 is 2.06 bits per heavy atom. The van der Waals surface area contributed by atoms with Gasteiger partial charge in [0.25, 0.3) is 0 Å². The fraction of sp³-hybridized carbons (Fsp3) is 0. The molecule has 2 N–H and O–H groups in total. The summed E-state index contributed by atoms with van der Waals surface area (Å²) < 4.78 is 2.16. The molecule has 3 heterocycles. The van der Waals surface area contributed by atoms with E-state index < -0.39 is 0 Å². The van der Waals surface area contributed by atoms with E-state index in [9.17, 15) is 0 Å². The molecule has 3 heteroatoms. The molecule has 4 aromatic rings. The zero-order valence-corrected chi connectivity index (χ0v) is 8.57. The first-order chi connectivity index (χ1) is 7.93. The largest absolute Gasteiger partial charge is 0.340 e. The summed E-state index contributed by atoms with van der Waals surface area (Å²) in [5.74, 6) is 0. The number of fused-ring (bicyclic) bond motifs is 5. The molecule has 0 fully saturated rings. The minimum atomic E-state index is 1.16. The number of nitrogens with one attached hydrogen (secondary N) is 2. The summed E-state index contributed by atoms with van der Waals surface area (Å²) in [5, 5.41) is 2.55. The molecule has 3 aromatic heterocycles. The van der Waals surface area contributed by atoms with Crippen LogP contribution in [0.15, 0.2) is 48.9 Å². The molecule has 0 atom stereocenters. The van der Waals surface area contributed by atoms with Gasteiger partial charge >= 0.3 is 0 Å². The highest BCUT2D eigenvalue weighted by molar-refractivity contribution is 6.08. The van der Waals surface area contributed by atoms with Gasteiger partial charge in [0.1, 0.15) is 11.2 Å². The third-order valence-electron chi connectivity index (χ3n) is 3.09. The first-order valence-corrected chi connectivity index (χ1v) is 5.31. The summed E-state index contributed by atoms with van der Waals surface area (Å²) in [6, 6.07) is 10.6. The van der Waals surface area contributed by atoms with Gasteiger partial charge in [-0.2, -0.15) is 0 Å². The van der Waals surface area contributed by atoms with Crippen LogP contribution in [0.3, 0.4) is 0 Å². The maximum absolute atomic E-state index is 3.45. The number of hydrogen-bond acceptors (Lipinski definition) is 0. The number of hydrogen-bond donors (Lipinski definition) is 1. The second-order valence-electron chi connectivity index (χ2n) is 4.00. The molecule has 1 aromatic carbocycles. The highest BCUT2D eigenvalue weighted by Crippen LogP contribution is 2.27. The molecule has 0 saturated heterocycles. The van der Waals surface area contributed by atoms with Crippen LogP contribution in [0.2, 0.25) is 0 Å². The van der Waals surface area contributed by atoms with Gasteiger partial charge < -0.3 is 4.98 Å². The fourth-order valence-electron chi connectivity index (χ4n) is 2.35. The quantitative estimate of drug-likeness (QED) is 0.460.